The highest BCUT2D eigenvalue weighted by Crippen LogP contribution is 2.33. The van der Waals surface area contributed by atoms with Crippen LogP contribution in [0.4, 0.5) is 8.78 Å². The summed E-state index contributed by atoms with van der Waals surface area (Å²) in [5, 5.41) is 9.25. The van der Waals surface area contributed by atoms with E-state index in [1.165, 1.54) is 12.1 Å². The third-order valence-electron chi connectivity index (χ3n) is 1.96. The number of alkyl halides is 2. The molecule has 1 aromatic rings. The van der Waals surface area contributed by atoms with Crippen LogP contribution in [0, 0.1) is 0 Å². The molecule has 0 aliphatic carbocycles. The van der Waals surface area contributed by atoms with E-state index in [1.807, 2.05) is 6.92 Å². The normalized spacial score (nSPS) is 10.7. The minimum absolute atomic E-state index is 0.127. The molecule has 0 spiro atoms. The van der Waals surface area contributed by atoms with Gasteiger partial charge in [0.25, 0.3) is 0 Å². The van der Waals surface area contributed by atoms with Crippen molar-refractivity contribution in [2.75, 3.05) is 6.61 Å². The van der Waals surface area contributed by atoms with E-state index >= 15 is 0 Å². The maximum Gasteiger partial charge on any atom is 0.387 e. The Kier molecular flexibility index (Phi) is 5.44. The van der Waals surface area contributed by atoms with Crippen LogP contribution in [0.5, 0.6) is 11.5 Å². The highest BCUT2D eigenvalue weighted by atomic mass is 35.5. The summed E-state index contributed by atoms with van der Waals surface area (Å²) in [4.78, 5) is 0. The standard InChI is InChI=1S/C11H13ClF2O3/c1-2-3-16-10-5-9(17-11(13)14)7(6-15)4-8(10)12/h4-5,11,15H,2-3,6H2,1H3. The van der Waals surface area contributed by atoms with E-state index in [0.717, 1.165) is 6.42 Å². The largest absolute Gasteiger partial charge is 0.492 e. The molecule has 0 saturated heterocycles. The van der Waals surface area contributed by atoms with Crippen molar-refractivity contribution in [1.82, 2.24) is 0 Å². The first-order valence-electron chi connectivity index (χ1n) is 5.09. The second-order valence-corrected chi connectivity index (χ2v) is 3.68. The molecule has 0 atom stereocenters. The van der Waals surface area contributed by atoms with Gasteiger partial charge < -0.3 is 14.6 Å². The zero-order chi connectivity index (χ0) is 12.8. The SMILES string of the molecule is CCCOc1cc(OC(F)F)c(CO)cc1Cl. The summed E-state index contributed by atoms with van der Waals surface area (Å²) in [6.45, 7) is -1.06. The predicted octanol–water partition coefficient (Wildman–Crippen LogP) is 3.22. The summed E-state index contributed by atoms with van der Waals surface area (Å²) in [5.74, 6) is 0.138. The Labute approximate surface area is 103 Å². The van der Waals surface area contributed by atoms with Gasteiger partial charge in [-0.1, -0.05) is 18.5 Å². The third kappa shape index (κ3) is 4.02. The molecule has 6 heteroatoms. The summed E-state index contributed by atoms with van der Waals surface area (Å²) < 4.78 is 33.8. The van der Waals surface area contributed by atoms with Crippen molar-refractivity contribution in [3.05, 3.63) is 22.7 Å². The molecule has 0 heterocycles. The molecule has 3 nitrogen and oxygen atoms in total. The first-order valence-corrected chi connectivity index (χ1v) is 5.47. The Morgan fingerprint density at radius 3 is 2.59 bits per heavy atom. The lowest BCUT2D eigenvalue weighted by atomic mass is 10.2. The third-order valence-corrected chi connectivity index (χ3v) is 2.26. The summed E-state index contributed by atoms with van der Waals surface area (Å²) in [6, 6.07) is 2.61. The monoisotopic (exact) mass is 266 g/mol. The Bertz CT molecular complexity index is 372. The lowest BCUT2D eigenvalue weighted by Crippen LogP contribution is -2.05. The molecular formula is C11H13ClF2O3. The molecule has 0 radical (unpaired) electrons. The van der Waals surface area contributed by atoms with Gasteiger partial charge in [-0.05, 0) is 12.5 Å². The minimum atomic E-state index is -2.96. The molecule has 0 bridgehead atoms. The van der Waals surface area contributed by atoms with Gasteiger partial charge in [-0.3, -0.25) is 0 Å². The number of aliphatic hydroxyl groups excluding tert-OH is 1. The second kappa shape index (κ2) is 6.61. The molecular weight excluding hydrogens is 254 g/mol. The molecule has 0 unspecified atom stereocenters. The van der Waals surface area contributed by atoms with E-state index < -0.39 is 13.2 Å². The van der Waals surface area contributed by atoms with Gasteiger partial charge in [0.05, 0.1) is 18.2 Å². The van der Waals surface area contributed by atoms with E-state index in [9.17, 15) is 8.78 Å². The average Bonchev–Trinajstić information content (AvgIpc) is 2.28. The molecule has 17 heavy (non-hydrogen) atoms. The van der Waals surface area contributed by atoms with E-state index in [1.54, 1.807) is 0 Å². The Balaban J connectivity index is 2.99. The first kappa shape index (κ1) is 14.0. The van der Waals surface area contributed by atoms with Crippen LogP contribution in [0.2, 0.25) is 5.02 Å². The fourth-order valence-corrected chi connectivity index (χ4v) is 1.47. The van der Waals surface area contributed by atoms with Gasteiger partial charge in [0, 0.05) is 11.6 Å². The number of halogens is 3. The Hall–Kier alpha value is -1.07. The first-order chi connectivity index (χ1) is 8.08. The Morgan fingerprint density at radius 2 is 2.06 bits per heavy atom. The molecule has 0 amide bonds. The topological polar surface area (TPSA) is 38.7 Å². The zero-order valence-corrected chi connectivity index (χ0v) is 10.0. The van der Waals surface area contributed by atoms with Crippen LogP contribution in [0.25, 0.3) is 0 Å². The molecule has 96 valence electrons. The second-order valence-electron chi connectivity index (χ2n) is 3.28. The fourth-order valence-electron chi connectivity index (χ4n) is 1.23. The molecule has 1 N–H and O–H groups in total. The van der Waals surface area contributed by atoms with E-state index in [4.69, 9.17) is 21.4 Å². The molecule has 0 aliphatic heterocycles. The molecule has 0 fully saturated rings. The fraction of sp³-hybridized carbons (Fsp3) is 0.455. The smallest absolute Gasteiger partial charge is 0.387 e. The van der Waals surface area contributed by atoms with Gasteiger partial charge in [-0.15, -0.1) is 0 Å². The highest BCUT2D eigenvalue weighted by molar-refractivity contribution is 6.32. The molecule has 0 saturated carbocycles. The maximum atomic E-state index is 12.1. The molecule has 0 aliphatic rings. The number of hydrogen-bond donors (Lipinski definition) is 1. The average molecular weight is 267 g/mol. The van der Waals surface area contributed by atoms with Crippen LogP contribution in [0.1, 0.15) is 18.9 Å². The van der Waals surface area contributed by atoms with Gasteiger partial charge in [0.2, 0.25) is 0 Å². The van der Waals surface area contributed by atoms with Crippen LogP contribution < -0.4 is 9.47 Å². The number of ether oxygens (including phenoxy) is 2. The zero-order valence-electron chi connectivity index (χ0n) is 9.25. The van der Waals surface area contributed by atoms with E-state index in [2.05, 4.69) is 4.74 Å². The van der Waals surface area contributed by atoms with Gasteiger partial charge >= 0.3 is 6.61 Å². The summed E-state index contributed by atoms with van der Waals surface area (Å²) in [7, 11) is 0. The van der Waals surface area contributed by atoms with Crippen molar-refractivity contribution in [1.29, 1.82) is 0 Å². The van der Waals surface area contributed by atoms with Crippen molar-refractivity contribution < 1.29 is 23.4 Å². The highest BCUT2D eigenvalue weighted by Gasteiger charge is 2.13. The predicted molar refractivity (Wildman–Crippen MR) is 59.8 cm³/mol. The van der Waals surface area contributed by atoms with Gasteiger partial charge in [-0.25, -0.2) is 0 Å². The van der Waals surface area contributed by atoms with Crippen LogP contribution in [-0.4, -0.2) is 18.3 Å². The van der Waals surface area contributed by atoms with Crippen molar-refractivity contribution in [3.63, 3.8) is 0 Å². The van der Waals surface area contributed by atoms with E-state index in [-0.39, 0.29) is 22.1 Å². The van der Waals surface area contributed by atoms with E-state index in [0.29, 0.717) is 6.61 Å². The minimum Gasteiger partial charge on any atom is -0.492 e. The van der Waals surface area contributed by atoms with Crippen molar-refractivity contribution >= 4 is 11.6 Å². The summed E-state index contributed by atoms with van der Waals surface area (Å²) in [6.07, 6.45) is 0.767. The maximum absolute atomic E-state index is 12.1. The Morgan fingerprint density at radius 1 is 1.35 bits per heavy atom. The van der Waals surface area contributed by atoms with Crippen LogP contribution in [0.3, 0.4) is 0 Å². The van der Waals surface area contributed by atoms with Gasteiger partial charge in [0.15, 0.2) is 0 Å². The van der Waals surface area contributed by atoms with Gasteiger partial charge in [0.1, 0.15) is 11.5 Å². The lowest BCUT2D eigenvalue weighted by molar-refractivity contribution is -0.0510. The van der Waals surface area contributed by atoms with Crippen molar-refractivity contribution in [3.8, 4) is 11.5 Å². The molecule has 1 rings (SSSR count). The van der Waals surface area contributed by atoms with Crippen LogP contribution in [0.15, 0.2) is 12.1 Å². The lowest BCUT2D eigenvalue weighted by Gasteiger charge is -2.13. The summed E-state index contributed by atoms with van der Waals surface area (Å²) >= 11 is 5.87. The number of hydrogen-bond acceptors (Lipinski definition) is 3. The number of rotatable bonds is 6. The summed E-state index contributed by atoms with van der Waals surface area (Å²) in [5.41, 5.74) is 0.194. The van der Waals surface area contributed by atoms with Gasteiger partial charge in [-0.2, -0.15) is 8.78 Å². The number of benzene rings is 1. The quantitative estimate of drug-likeness (QED) is 0.859. The molecule has 1 aromatic carbocycles. The van der Waals surface area contributed by atoms with Crippen molar-refractivity contribution in [2.24, 2.45) is 0 Å². The van der Waals surface area contributed by atoms with Crippen LogP contribution >= 0.6 is 11.6 Å². The number of aliphatic hydroxyl groups is 1. The molecule has 0 aromatic heterocycles. The van der Waals surface area contributed by atoms with Crippen molar-refractivity contribution in [2.45, 2.75) is 26.6 Å². The van der Waals surface area contributed by atoms with Crippen LogP contribution in [-0.2, 0) is 6.61 Å².